The zero-order chi connectivity index (χ0) is 19.3. The zero-order valence-corrected chi connectivity index (χ0v) is 16.3. The molecule has 2 aromatic rings. The van der Waals surface area contributed by atoms with Crippen LogP contribution in [-0.2, 0) is 0 Å². The second kappa shape index (κ2) is 8.79. The first-order valence-electron chi connectivity index (χ1n) is 7.74. The Balaban J connectivity index is 2.59. The number of carbonyl (C=O) groups excluding carboxylic acids is 1. The molecule has 0 heterocycles. The molecule has 0 bridgehead atoms. The van der Waals surface area contributed by atoms with Gasteiger partial charge in [-0.2, -0.15) is 0 Å². The molecule has 26 heavy (non-hydrogen) atoms. The Morgan fingerprint density at radius 3 is 2.65 bits per heavy atom. The van der Waals surface area contributed by atoms with Crippen LogP contribution in [0, 0.1) is 19.5 Å². The summed E-state index contributed by atoms with van der Waals surface area (Å²) >= 11 is 1.97. The third-order valence-corrected chi connectivity index (χ3v) is 4.18. The smallest absolute Gasteiger partial charge is 0.313 e. The Labute approximate surface area is 163 Å². The van der Waals surface area contributed by atoms with E-state index in [1.165, 1.54) is 31.4 Å². The largest absolute Gasteiger partial charge is 0.489 e. The van der Waals surface area contributed by atoms with Crippen molar-refractivity contribution in [2.24, 2.45) is 0 Å². The van der Waals surface area contributed by atoms with Crippen molar-refractivity contribution in [2.45, 2.75) is 13.3 Å². The SMILES string of the molecule is CCCNC(=O)c1ccc([N+](=O)[O-])c(OC)c1Nc1ccc(I)cc1F. The number of hydrogen-bond acceptors (Lipinski definition) is 5. The Morgan fingerprint density at radius 1 is 1.35 bits per heavy atom. The van der Waals surface area contributed by atoms with Gasteiger partial charge in [-0.1, -0.05) is 6.92 Å². The number of anilines is 2. The quantitative estimate of drug-likeness (QED) is 0.357. The molecule has 0 spiro atoms. The summed E-state index contributed by atoms with van der Waals surface area (Å²) in [7, 11) is 1.26. The van der Waals surface area contributed by atoms with Crippen LogP contribution in [-0.4, -0.2) is 24.5 Å². The maximum atomic E-state index is 14.2. The van der Waals surface area contributed by atoms with Gasteiger partial charge in [0, 0.05) is 16.2 Å². The Morgan fingerprint density at radius 2 is 2.08 bits per heavy atom. The third-order valence-electron chi connectivity index (χ3n) is 3.51. The summed E-state index contributed by atoms with van der Waals surface area (Å²) in [4.78, 5) is 23.1. The fourth-order valence-electron chi connectivity index (χ4n) is 2.29. The molecule has 0 fully saturated rings. The second-order valence-electron chi connectivity index (χ2n) is 5.30. The lowest BCUT2D eigenvalue weighted by atomic mass is 10.1. The molecule has 9 heteroatoms. The van der Waals surface area contributed by atoms with E-state index in [1.54, 1.807) is 6.07 Å². The predicted octanol–water partition coefficient (Wildman–Crippen LogP) is 4.23. The predicted molar refractivity (Wildman–Crippen MR) is 105 cm³/mol. The number of methoxy groups -OCH3 is 1. The number of carbonyl (C=O) groups is 1. The van der Waals surface area contributed by atoms with E-state index >= 15 is 0 Å². The first-order chi connectivity index (χ1) is 12.4. The van der Waals surface area contributed by atoms with Crippen LogP contribution in [0.15, 0.2) is 30.3 Å². The van der Waals surface area contributed by atoms with Gasteiger partial charge in [-0.15, -0.1) is 0 Å². The number of halogens is 2. The minimum absolute atomic E-state index is 0.0374. The average Bonchev–Trinajstić information content (AvgIpc) is 2.61. The van der Waals surface area contributed by atoms with Crippen molar-refractivity contribution in [3.63, 3.8) is 0 Å². The minimum Gasteiger partial charge on any atom is -0.489 e. The number of hydrogen-bond donors (Lipinski definition) is 2. The highest BCUT2D eigenvalue weighted by molar-refractivity contribution is 14.1. The topological polar surface area (TPSA) is 93.5 Å². The van der Waals surface area contributed by atoms with Gasteiger partial charge in [0.1, 0.15) is 11.5 Å². The normalized spacial score (nSPS) is 10.3. The number of rotatable bonds is 7. The van der Waals surface area contributed by atoms with Crippen LogP contribution >= 0.6 is 22.6 Å². The maximum Gasteiger partial charge on any atom is 0.313 e. The average molecular weight is 473 g/mol. The molecule has 0 aliphatic rings. The number of benzene rings is 2. The fourth-order valence-corrected chi connectivity index (χ4v) is 2.75. The standard InChI is InChI=1S/C17H17FIN3O4/c1-3-8-20-17(23)11-5-7-14(22(24)25)16(26-2)15(11)21-13-6-4-10(19)9-12(13)18/h4-7,9,21H,3,8H2,1-2H3,(H,20,23). The van der Waals surface area contributed by atoms with Crippen LogP contribution in [0.2, 0.25) is 0 Å². The Hall–Kier alpha value is -2.43. The summed E-state index contributed by atoms with van der Waals surface area (Å²) in [5.41, 5.74) is -0.0871. The molecule has 0 aliphatic carbocycles. The number of nitrogens with one attached hydrogen (secondary N) is 2. The lowest BCUT2D eigenvalue weighted by molar-refractivity contribution is -0.385. The van der Waals surface area contributed by atoms with E-state index in [4.69, 9.17) is 4.74 Å². The summed E-state index contributed by atoms with van der Waals surface area (Å²) in [5, 5.41) is 16.7. The Bertz CT molecular complexity index is 845. The molecule has 0 radical (unpaired) electrons. The van der Waals surface area contributed by atoms with Crippen LogP contribution in [0.4, 0.5) is 21.5 Å². The number of nitrogens with zero attached hydrogens (tertiary/aromatic N) is 1. The van der Waals surface area contributed by atoms with Crippen LogP contribution in [0.3, 0.4) is 0 Å². The van der Waals surface area contributed by atoms with Crippen molar-refractivity contribution in [3.05, 3.63) is 55.4 Å². The van der Waals surface area contributed by atoms with Gasteiger partial charge in [-0.25, -0.2) is 4.39 Å². The number of amides is 1. The van der Waals surface area contributed by atoms with Crippen molar-refractivity contribution in [1.82, 2.24) is 5.32 Å². The van der Waals surface area contributed by atoms with E-state index in [0.29, 0.717) is 10.1 Å². The summed E-state index contributed by atoms with van der Waals surface area (Å²) in [6.07, 6.45) is 0.727. The van der Waals surface area contributed by atoms with Gasteiger partial charge in [-0.3, -0.25) is 14.9 Å². The molecule has 2 N–H and O–H groups in total. The van der Waals surface area contributed by atoms with Crippen molar-refractivity contribution < 1.29 is 18.8 Å². The highest BCUT2D eigenvalue weighted by Gasteiger charge is 2.25. The van der Waals surface area contributed by atoms with Crippen molar-refractivity contribution in [1.29, 1.82) is 0 Å². The van der Waals surface area contributed by atoms with E-state index in [0.717, 1.165) is 6.42 Å². The van der Waals surface area contributed by atoms with E-state index in [1.807, 2.05) is 29.5 Å². The zero-order valence-electron chi connectivity index (χ0n) is 14.1. The number of ether oxygens (including phenoxy) is 1. The molecule has 2 aromatic carbocycles. The minimum atomic E-state index is -0.623. The molecule has 0 aliphatic heterocycles. The van der Waals surface area contributed by atoms with E-state index < -0.39 is 16.6 Å². The van der Waals surface area contributed by atoms with Crippen molar-refractivity contribution in [3.8, 4) is 5.75 Å². The highest BCUT2D eigenvalue weighted by atomic mass is 127. The number of nitro benzene ring substituents is 1. The molecule has 1 amide bonds. The molecule has 0 saturated carbocycles. The van der Waals surface area contributed by atoms with Crippen LogP contribution in [0.5, 0.6) is 5.75 Å². The summed E-state index contributed by atoms with van der Waals surface area (Å²) in [6.45, 7) is 2.34. The molecule has 2 rings (SSSR count). The first kappa shape index (κ1) is 19.9. The van der Waals surface area contributed by atoms with E-state index in [9.17, 15) is 19.3 Å². The molecule has 0 saturated heterocycles. The second-order valence-corrected chi connectivity index (χ2v) is 6.55. The van der Waals surface area contributed by atoms with Crippen molar-refractivity contribution >= 4 is 45.6 Å². The Kier molecular flexibility index (Phi) is 6.72. The van der Waals surface area contributed by atoms with Gasteiger partial charge in [0.15, 0.2) is 0 Å². The molecule has 7 nitrogen and oxygen atoms in total. The molecule has 138 valence electrons. The van der Waals surface area contributed by atoms with Crippen LogP contribution in [0.25, 0.3) is 0 Å². The first-order valence-corrected chi connectivity index (χ1v) is 8.82. The summed E-state index contributed by atoms with van der Waals surface area (Å²) < 4.78 is 20.1. The molecule has 0 aromatic heterocycles. The van der Waals surface area contributed by atoms with Gasteiger partial charge in [0.25, 0.3) is 5.91 Å². The van der Waals surface area contributed by atoms with Gasteiger partial charge in [0.05, 0.1) is 23.3 Å². The van der Waals surface area contributed by atoms with Gasteiger partial charge >= 0.3 is 5.69 Å². The van der Waals surface area contributed by atoms with Gasteiger partial charge in [0.2, 0.25) is 5.75 Å². The third kappa shape index (κ3) is 4.40. The van der Waals surface area contributed by atoms with Crippen molar-refractivity contribution in [2.75, 3.05) is 19.0 Å². The molecular weight excluding hydrogens is 456 g/mol. The molecular formula is C17H17FIN3O4. The maximum absolute atomic E-state index is 14.2. The van der Waals surface area contributed by atoms with Gasteiger partial charge in [-0.05, 0) is 53.3 Å². The number of nitro groups is 1. The fraction of sp³-hybridized carbons (Fsp3) is 0.235. The highest BCUT2D eigenvalue weighted by Crippen LogP contribution is 2.39. The monoisotopic (exact) mass is 473 g/mol. The molecule has 0 unspecified atom stereocenters. The van der Waals surface area contributed by atoms with Crippen LogP contribution < -0.4 is 15.4 Å². The lowest BCUT2D eigenvalue weighted by Gasteiger charge is -2.16. The lowest BCUT2D eigenvalue weighted by Crippen LogP contribution is -2.25. The van der Waals surface area contributed by atoms with Gasteiger partial charge < -0.3 is 15.4 Å². The summed E-state index contributed by atoms with van der Waals surface area (Å²) in [6, 6.07) is 6.98. The molecule has 0 atom stereocenters. The van der Waals surface area contributed by atoms with E-state index in [2.05, 4.69) is 10.6 Å². The van der Waals surface area contributed by atoms with Crippen LogP contribution in [0.1, 0.15) is 23.7 Å². The summed E-state index contributed by atoms with van der Waals surface area (Å²) in [5.74, 6) is -1.13. The van der Waals surface area contributed by atoms with E-state index in [-0.39, 0.29) is 28.4 Å².